The Morgan fingerprint density at radius 3 is 3.04 bits per heavy atom. The molecule has 3 rings (SSSR count). The fraction of sp³-hybridized carbons (Fsp3) is 0.353. The Morgan fingerprint density at radius 1 is 1.42 bits per heavy atom. The van der Waals surface area contributed by atoms with Crippen LogP contribution in [0.1, 0.15) is 34.3 Å². The molecule has 126 valence electrons. The maximum absolute atomic E-state index is 12.3. The van der Waals surface area contributed by atoms with E-state index >= 15 is 0 Å². The number of likely N-dealkylation sites (tertiary alicyclic amines) is 1. The Bertz CT molecular complexity index is 714. The van der Waals surface area contributed by atoms with E-state index in [1.807, 2.05) is 6.92 Å². The van der Waals surface area contributed by atoms with Gasteiger partial charge in [-0.15, -0.1) is 0 Å². The van der Waals surface area contributed by atoms with Gasteiger partial charge in [-0.05, 0) is 31.2 Å². The second-order valence-corrected chi connectivity index (χ2v) is 5.47. The molecule has 2 amide bonds. The van der Waals surface area contributed by atoms with Crippen molar-refractivity contribution in [1.29, 1.82) is 0 Å². The highest BCUT2D eigenvalue weighted by atomic mass is 16.5. The number of nitrogens with one attached hydrogen (secondary N) is 1. The predicted octanol–water partition coefficient (Wildman–Crippen LogP) is 1.72. The number of nitrogens with zero attached hydrogens (tertiary/aromatic N) is 2. The largest absolute Gasteiger partial charge is 0.472 e. The van der Waals surface area contributed by atoms with Gasteiger partial charge in [0.25, 0.3) is 11.8 Å². The quantitative estimate of drug-likeness (QED) is 0.903. The fourth-order valence-electron chi connectivity index (χ4n) is 2.64. The number of pyridine rings is 1. The molecule has 0 aliphatic carbocycles. The van der Waals surface area contributed by atoms with Gasteiger partial charge in [-0.2, -0.15) is 0 Å². The molecule has 24 heavy (non-hydrogen) atoms. The Hall–Kier alpha value is -2.83. The lowest BCUT2D eigenvalue weighted by atomic mass is 10.2. The molecule has 1 fully saturated rings. The van der Waals surface area contributed by atoms with E-state index in [9.17, 15) is 9.59 Å². The molecule has 1 saturated heterocycles. The summed E-state index contributed by atoms with van der Waals surface area (Å²) in [5, 5.41) is 2.74. The third kappa shape index (κ3) is 3.40. The molecule has 1 N–H and O–H groups in total. The van der Waals surface area contributed by atoms with Crippen molar-refractivity contribution in [3.05, 3.63) is 48.0 Å². The topological polar surface area (TPSA) is 84.7 Å². The number of aromatic nitrogens is 1. The molecule has 3 heterocycles. The summed E-state index contributed by atoms with van der Waals surface area (Å²) in [7, 11) is 0. The van der Waals surface area contributed by atoms with E-state index in [1.165, 1.54) is 6.26 Å². The molecular weight excluding hydrogens is 310 g/mol. The second-order valence-electron chi connectivity index (χ2n) is 5.47. The molecule has 2 aromatic heterocycles. The number of ether oxygens (including phenoxy) is 1. The lowest BCUT2D eigenvalue weighted by molar-refractivity contribution is 0.0738. The number of furan rings is 1. The van der Waals surface area contributed by atoms with Crippen LogP contribution in [-0.2, 0) is 0 Å². The molecule has 1 unspecified atom stereocenters. The molecule has 0 spiro atoms. The van der Waals surface area contributed by atoms with Crippen molar-refractivity contribution in [2.45, 2.75) is 19.4 Å². The minimum absolute atomic E-state index is 0.156. The van der Waals surface area contributed by atoms with Crippen LogP contribution in [0.3, 0.4) is 0 Å². The van der Waals surface area contributed by atoms with Crippen molar-refractivity contribution in [3.8, 4) is 5.88 Å². The summed E-state index contributed by atoms with van der Waals surface area (Å²) in [6.45, 7) is 3.39. The highest BCUT2D eigenvalue weighted by Gasteiger charge is 2.30. The lowest BCUT2D eigenvalue weighted by Crippen LogP contribution is -2.31. The third-order valence-corrected chi connectivity index (χ3v) is 3.80. The molecule has 7 nitrogen and oxygen atoms in total. The second kappa shape index (κ2) is 7.16. The smallest absolute Gasteiger partial charge is 0.289 e. The molecule has 1 aliphatic heterocycles. The van der Waals surface area contributed by atoms with Gasteiger partial charge in [0.05, 0.1) is 12.8 Å². The highest BCUT2D eigenvalue weighted by Crippen LogP contribution is 2.21. The highest BCUT2D eigenvalue weighted by molar-refractivity contribution is 5.96. The summed E-state index contributed by atoms with van der Waals surface area (Å²) in [5.41, 5.74) is 0.398. The van der Waals surface area contributed by atoms with Gasteiger partial charge in [0.2, 0.25) is 5.88 Å². The standard InChI is InChI=1S/C17H19N3O4/c1-2-18-15(21)13-5-3-8-19-16(13)24-12-7-9-20(11-12)17(22)14-6-4-10-23-14/h3-6,8,10,12H,2,7,9,11H2,1H3,(H,18,21). The van der Waals surface area contributed by atoms with Crippen molar-refractivity contribution < 1.29 is 18.7 Å². The maximum Gasteiger partial charge on any atom is 0.289 e. The summed E-state index contributed by atoms with van der Waals surface area (Å²) in [6.07, 6.45) is 3.53. The molecule has 1 aliphatic rings. The molecule has 0 aromatic carbocycles. The van der Waals surface area contributed by atoms with E-state index in [0.29, 0.717) is 43.3 Å². The number of rotatable bonds is 5. The zero-order chi connectivity index (χ0) is 16.9. The van der Waals surface area contributed by atoms with E-state index in [4.69, 9.17) is 9.15 Å². The van der Waals surface area contributed by atoms with E-state index in [0.717, 1.165) is 0 Å². The summed E-state index contributed by atoms with van der Waals surface area (Å²) < 4.78 is 11.0. The number of carbonyl (C=O) groups excluding carboxylic acids is 2. The van der Waals surface area contributed by atoms with Gasteiger partial charge in [-0.3, -0.25) is 9.59 Å². The van der Waals surface area contributed by atoms with Crippen molar-refractivity contribution >= 4 is 11.8 Å². The van der Waals surface area contributed by atoms with Crippen LogP contribution in [0, 0.1) is 0 Å². The van der Waals surface area contributed by atoms with Crippen molar-refractivity contribution in [2.75, 3.05) is 19.6 Å². The van der Waals surface area contributed by atoms with Gasteiger partial charge in [0.1, 0.15) is 11.7 Å². The first kappa shape index (κ1) is 16.0. The van der Waals surface area contributed by atoms with Gasteiger partial charge < -0.3 is 19.4 Å². The number of carbonyl (C=O) groups is 2. The van der Waals surface area contributed by atoms with E-state index < -0.39 is 0 Å². The van der Waals surface area contributed by atoms with E-state index in [2.05, 4.69) is 10.3 Å². The Labute approximate surface area is 139 Å². The average molecular weight is 329 g/mol. The molecule has 0 bridgehead atoms. The van der Waals surface area contributed by atoms with Gasteiger partial charge >= 0.3 is 0 Å². The molecule has 0 saturated carbocycles. The average Bonchev–Trinajstić information content (AvgIpc) is 3.27. The van der Waals surface area contributed by atoms with Crippen LogP contribution < -0.4 is 10.1 Å². The van der Waals surface area contributed by atoms with Gasteiger partial charge in [-0.1, -0.05) is 0 Å². The first-order chi connectivity index (χ1) is 11.7. The number of hydrogen-bond acceptors (Lipinski definition) is 5. The summed E-state index contributed by atoms with van der Waals surface area (Å²) in [5.74, 6) is 0.232. The predicted molar refractivity (Wildman–Crippen MR) is 85.9 cm³/mol. The van der Waals surface area contributed by atoms with Crippen molar-refractivity contribution in [3.63, 3.8) is 0 Å². The summed E-state index contributed by atoms with van der Waals surface area (Å²) in [6, 6.07) is 6.69. The van der Waals surface area contributed by atoms with Crippen LogP contribution in [0.2, 0.25) is 0 Å². The maximum atomic E-state index is 12.3. The monoisotopic (exact) mass is 329 g/mol. The third-order valence-electron chi connectivity index (χ3n) is 3.80. The van der Waals surface area contributed by atoms with Crippen LogP contribution in [0.4, 0.5) is 0 Å². The minimum atomic E-state index is -0.220. The van der Waals surface area contributed by atoms with Crippen molar-refractivity contribution in [1.82, 2.24) is 15.2 Å². The van der Waals surface area contributed by atoms with Crippen molar-refractivity contribution in [2.24, 2.45) is 0 Å². The minimum Gasteiger partial charge on any atom is -0.472 e. The zero-order valence-electron chi connectivity index (χ0n) is 13.4. The number of amides is 2. The van der Waals surface area contributed by atoms with Crippen LogP contribution in [0.25, 0.3) is 0 Å². The lowest BCUT2D eigenvalue weighted by Gasteiger charge is -2.17. The molecular formula is C17H19N3O4. The summed E-state index contributed by atoms with van der Waals surface area (Å²) >= 11 is 0. The van der Waals surface area contributed by atoms with Gasteiger partial charge in [0, 0.05) is 25.7 Å². The van der Waals surface area contributed by atoms with Crippen LogP contribution in [0.15, 0.2) is 41.1 Å². The number of hydrogen-bond donors (Lipinski definition) is 1. The van der Waals surface area contributed by atoms with E-state index in [-0.39, 0.29) is 17.9 Å². The van der Waals surface area contributed by atoms with Crippen LogP contribution in [0.5, 0.6) is 5.88 Å². The molecule has 7 heteroatoms. The van der Waals surface area contributed by atoms with E-state index in [1.54, 1.807) is 35.4 Å². The van der Waals surface area contributed by atoms with Gasteiger partial charge in [-0.25, -0.2) is 4.98 Å². The zero-order valence-corrected chi connectivity index (χ0v) is 13.4. The van der Waals surface area contributed by atoms with Crippen LogP contribution >= 0.6 is 0 Å². The van der Waals surface area contributed by atoms with Gasteiger partial charge in [0.15, 0.2) is 5.76 Å². The van der Waals surface area contributed by atoms with Crippen LogP contribution in [-0.4, -0.2) is 47.4 Å². The normalized spacial score (nSPS) is 16.9. The SMILES string of the molecule is CCNC(=O)c1cccnc1OC1CCN(C(=O)c2ccco2)C1. The first-order valence-corrected chi connectivity index (χ1v) is 7.91. The molecule has 2 aromatic rings. The Morgan fingerprint density at radius 2 is 2.29 bits per heavy atom. The fourth-order valence-corrected chi connectivity index (χ4v) is 2.64. The first-order valence-electron chi connectivity index (χ1n) is 7.91. The molecule has 0 radical (unpaired) electrons. The molecule has 1 atom stereocenters. The summed E-state index contributed by atoms with van der Waals surface area (Å²) in [4.78, 5) is 30.2. The Balaban J connectivity index is 1.66. The Kier molecular flexibility index (Phi) is 4.79.